The van der Waals surface area contributed by atoms with E-state index in [0.29, 0.717) is 0 Å². The molecule has 0 saturated carbocycles. The minimum atomic E-state index is -0.126. The SMILES string of the molecule is O=C(C1=CC=C=IC=C1)c1ccccc1. The molecule has 0 saturated heterocycles. The van der Waals surface area contributed by atoms with Gasteiger partial charge in [-0.05, 0) is 43.0 Å². The molecular formula is C13H9IO. The van der Waals surface area contributed by atoms with Crippen LogP contribution >= 0.6 is 20.7 Å². The number of allylic oxidation sites excluding steroid dienone is 4. The summed E-state index contributed by atoms with van der Waals surface area (Å²) in [5, 5.41) is 0. The molecule has 1 aromatic carbocycles. The Balaban J connectivity index is 2.31. The topological polar surface area (TPSA) is 17.1 Å². The summed E-state index contributed by atoms with van der Waals surface area (Å²) in [6.45, 7) is 0. The molecule has 0 radical (unpaired) electrons. The molecule has 2 rings (SSSR count). The van der Waals surface area contributed by atoms with E-state index in [1.807, 2.05) is 48.6 Å². The van der Waals surface area contributed by atoms with Crippen LogP contribution in [0.3, 0.4) is 0 Å². The minimum Gasteiger partial charge on any atom is -0.289 e. The van der Waals surface area contributed by atoms with Crippen LogP contribution in [0, 0.1) is 0 Å². The molecular weight excluding hydrogens is 299 g/mol. The van der Waals surface area contributed by atoms with Gasteiger partial charge in [0.25, 0.3) is 0 Å². The minimum absolute atomic E-state index is 0.0795. The Labute approximate surface area is 98.6 Å². The van der Waals surface area contributed by atoms with Gasteiger partial charge in [0.15, 0.2) is 5.78 Å². The van der Waals surface area contributed by atoms with E-state index in [9.17, 15) is 4.79 Å². The molecule has 15 heavy (non-hydrogen) atoms. The third-order valence-corrected chi connectivity index (χ3v) is 3.43. The summed E-state index contributed by atoms with van der Waals surface area (Å²) < 4.78 is 5.20. The van der Waals surface area contributed by atoms with Crippen molar-refractivity contribution in [3.63, 3.8) is 0 Å². The van der Waals surface area contributed by atoms with Crippen molar-refractivity contribution in [1.82, 2.24) is 0 Å². The maximum Gasteiger partial charge on any atom is 0.193 e. The highest BCUT2D eigenvalue weighted by Crippen LogP contribution is 2.13. The summed E-state index contributed by atoms with van der Waals surface area (Å²) >= 11 is -0.126. The second-order valence-electron chi connectivity index (χ2n) is 2.99. The van der Waals surface area contributed by atoms with E-state index in [4.69, 9.17) is 0 Å². The lowest BCUT2D eigenvalue weighted by Gasteiger charge is -1.99. The highest BCUT2D eigenvalue weighted by atomic mass is 127. The monoisotopic (exact) mass is 308 g/mol. The smallest absolute Gasteiger partial charge is 0.193 e. The summed E-state index contributed by atoms with van der Waals surface area (Å²) in [5.74, 6) is 0.0795. The molecule has 1 nitrogen and oxygen atoms in total. The Kier molecular flexibility index (Phi) is 3.43. The lowest BCUT2D eigenvalue weighted by Crippen LogP contribution is -2.00. The van der Waals surface area contributed by atoms with E-state index in [0.717, 1.165) is 11.1 Å². The van der Waals surface area contributed by atoms with E-state index in [2.05, 4.69) is 7.75 Å². The van der Waals surface area contributed by atoms with Crippen LogP contribution in [-0.4, -0.2) is 9.45 Å². The largest absolute Gasteiger partial charge is 0.289 e. The van der Waals surface area contributed by atoms with Crippen molar-refractivity contribution >= 4 is 30.2 Å². The van der Waals surface area contributed by atoms with Crippen LogP contribution in [0.1, 0.15) is 10.4 Å². The van der Waals surface area contributed by atoms with Gasteiger partial charge in [-0.25, -0.2) is 0 Å². The van der Waals surface area contributed by atoms with Gasteiger partial charge in [0.05, 0.1) is 0 Å². The second-order valence-corrected chi connectivity index (χ2v) is 4.96. The highest BCUT2D eigenvalue weighted by Gasteiger charge is 2.08. The number of Topliss-reactive ketones (excluding diaryl/α,β-unsaturated/α-hetero) is 1. The fourth-order valence-corrected chi connectivity index (χ4v) is 2.42. The van der Waals surface area contributed by atoms with E-state index in [1.165, 1.54) is 0 Å². The molecule has 0 bridgehead atoms. The van der Waals surface area contributed by atoms with Gasteiger partial charge in [-0.1, -0.05) is 34.0 Å². The molecule has 0 fully saturated rings. The second kappa shape index (κ2) is 5.01. The van der Waals surface area contributed by atoms with Crippen LogP contribution < -0.4 is 0 Å². The van der Waals surface area contributed by atoms with Crippen LogP contribution in [0.5, 0.6) is 0 Å². The zero-order valence-electron chi connectivity index (χ0n) is 7.98. The van der Waals surface area contributed by atoms with Gasteiger partial charge >= 0.3 is 0 Å². The predicted octanol–water partition coefficient (Wildman–Crippen LogP) is 3.25. The third kappa shape index (κ3) is 2.61. The molecule has 1 aliphatic rings. The van der Waals surface area contributed by atoms with Gasteiger partial charge in [0.1, 0.15) is 0 Å². The van der Waals surface area contributed by atoms with E-state index in [-0.39, 0.29) is 26.5 Å². The van der Waals surface area contributed by atoms with Gasteiger partial charge in [0.2, 0.25) is 0 Å². The molecule has 1 aromatic rings. The molecule has 0 amide bonds. The Hall–Kier alpha value is -1.25. The number of carbonyl (C=O) groups is 1. The van der Waals surface area contributed by atoms with Gasteiger partial charge in [-0.3, -0.25) is 4.79 Å². The van der Waals surface area contributed by atoms with Crippen LogP contribution in [0.2, 0.25) is 0 Å². The first-order valence-corrected chi connectivity index (χ1v) is 6.88. The van der Waals surface area contributed by atoms with Gasteiger partial charge in [-0.2, -0.15) is 0 Å². The first kappa shape index (κ1) is 10.3. The zero-order chi connectivity index (χ0) is 10.5. The molecule has 0 spiro atoms. The quantitative estimate of drug-likeness (QED) is 0.605. The summed E-state index contributed by atoms with van der Waals surface area (Å²) in [7, 11) is 0. The van der Waals surface area contributed by atoms with Gasteiger partial charge in [-0.15, -0.1) is 0 Å². The van der Waals surface area contributed by atoms with Crippen molar-refractivity contribution in [3.8, 4) is 0 Å². The molecule has 0 N–H and O–H groups in total. The lowest BCUT2D eigenvalue weighted by atomic mass is 10.0. The maximum absolute atomic E-state index is 12.0. The first-order chi connectivity index (χ1) is 7.38. The van der Waals surface area contributed by atoms with Gasteiger partial charge in [0, 0.05) is 11.1 Å². The summed E-state index contributed by atoms with van der Waals surface area (Å²) in [6.07, 6.45) is 5.58. The van der Waals surface area contributed by atoms with Crippen molar-refractivity contribution < 1.29 is 4.79 Å². The molecule has 2 heteroatoms. The summed E-state index contributed by atoms with van der Waals surface area (Å²) in [5.41, 5.74) is 1.48. The molecule has 0 unspecified atom stereocenters. The van der Waals surface area contributed by atoms with E-state index < -0.39 is 0 Å². The fourth-order valence-electron chi connectivity index (χ4n) is 1.26. The van der Waals surface area contributed by atoms with Crippen LogP contribution in [-0.2, 0) is 0 Å². The molecule has 74 valence electrons. The number of hydrogen-bond donors (Lipinski definition) is 0. The van der Waals surface area contributed by atoms with Crippen molar-refractivity contribution in [3.05, 3.63) is 63.8 Å². The lowest BCUT2D eigenvalue weighted by molar-refractivity contribution is 0.103. The van der Waals surface area contributed by atoms with E-state index >= 15 is 0 Å². The molecule has 1 heterocycles. The average molecular weight is 308 g/mol. The van der Waals surface area contributed by atoms with Crippen molar-refractivity contribution in [2.75, 3.05) is 0 Å². The number of ketones is 1. The van der Waals surface area contributed by atoms with E-state index in [1.54, 1.807) is 0 Å². The predicted molar refractivity (Wildman–Crippen MR) is 71.6 cm³/mol. The normalized spacial score (nSPS) is 14.0. The molecule has 0 aliphatic carbocycles. The molecule has 0 aromatic heterocycles. The van der Waals surface area contributed by atoms with Crippen LogP contribution in [0.15, 0.2) is 58.2 Å². The van der Waals surface area contributed by atoms with Crippen molar-refractivity contribution in [1.29, 1.82) is 0 Å². The zero-order valence-corrected chi connectivity index (χ0v) is 10.1. The fraction of sp³-hybridized carbons (Fsp3) is 0. The molecule has 1 aliphatic heterocycles. The van der Waals surface area contributed by atoms with Crippen LogP contribution in [0.25, 0.3) is 0 Å². The van der Waals surface area contributed by atoms with Crippen molar-refractivity contribution in [2.45, 2.75) is 0 Å². The average Bonchev–Trinajstić information content (AvgIpc) is 2.58. The number of rotatable bonds is 2. The third-order valence-electron chi connectivity index (χ3n) is 1.99. The Morgan fingerprint density at radius 2 is 2.00 bits per heavy atom. The highest BCUT2D eigenvalue weighted by molar-refractivity contribution is 14.2. The number of benzene rings is 1. The van der Waals surface area contributed by atoms with Crippen LogP contribution in [0.4, 0.5) is 0 Å². The van der Waals surface area contributed by atoms with Gasteiger partial charge < -0.3 is 0 Å². The molecule has 0 atom stereocenters. The number of halogens is 1. The standard InChI is InChI=1S/C13H9IO/c15-13(11-5-2-1-3-6-11)12-7-4-9-14-10-8-12/h1-8,10H. The Morgan fingerprint density at radius 1 is 1.20 bits per heavy atom. The maximum atomic E-state index is 12.0. The first-order valence-electron chi connectivity index (χ1n) is 4.55. The summed E-state index contributed by atoms with van der Waals surface area (Å²) in [6, 6.07) is 9.34. The number of carbonyl (C=O) groups excluding carboxylic acids is 1. The Bertz CT molecular complexity index is 489. The Morgan fingerprint density at radius 3 is 2.80 bits per heavy atom. The van der Waals surface area contributed by atoms with Crippen molar-refractivity contribution in [2.24, 2.45) is 0 Å². The summed E-state index contributed by atoms with van der Waals surface area (Å²) in [4.78, 5) is 12.0. The number of hydrogen-bond acceptors (Lipinski definition) is 1.